The van der Waals surface area contributed by atoms with Crippen molar-refractivity contribution in [3.63, 3.8) is 0 Å². The number of rotatable bonds is 4. The van der Waals surface area contributed by atoms with Crippen LogP contribution in [0.5, 0.6) is 0 Å². The van der Waals surface area contributed by atoms with Crippen molar-refractivity contribution in [3.05, 3.63) is 23.4 Å². The molecular weight excluding hydrogens is 266 g/mol. The number of aromatic nitrogens is 1. The Balaban J connectivity index is 2.17. The van der Waals surface area contributed by atoms with Gasteiger partial charge in [-0.05, 0) is 43.2 Å². The summed E-state index contributed by atoms with van der Waals surface area (Å²) in [5, 5.41) is 18.3. The zero-order chi connectivity index (χ0) is 15.4. The molecule has 2 unspecified atom stereocenters. The zero-order valence-corrected chi connectivity index (χ0v) is 12.5. The van der Waals surface area contributed by atoms with Crippen LogP contribution in [0.2, 0.25) is 0 Å². The molecule has 1 aromatic heterocycles. The molecule has 21 heavy (non-hydrogen) atoms. The minimum atomic E-state index is -0.744. The lowest BCUT2D eigenvalue weighted by molar-refractivity contribution is -0.138. The topological polar surface area (TPSA) is 77.2 Å². The molecule has 1 N–H and O–H groups in total. The Kier molecular flexibility index (Phi) is 4.79. The highest BCUT2D eigenvalue weighted by Gasteiger charge is 2.27. The van der Waals surface area contributed by atoms with Gasteiger partial charge in [0.25, 0.3) is 0 Å². The molecule has 1 aromatic rings. The summed E-state index contributed by atoms with van der Waals surface area (Å²) >= 11 is 0. The Morgan fingerprint density at radius 1 is 1.67 bits per heavy atom. The van der Waals surface area contributed by atoms with Gasteiger partial charge in [-0.3, -0.25) is 4.79 Å². The highest BCUT2D eigenvalue weighted by molar-refractivity contribution is 5.67. The van der Waals surface area contributed by atoms with Gasteiger partial charge in [-0.25, -0.2) is 4.98 Å². The van der Waals surface area contributed by atoms with E-state index in [0.29, 0.717) is 11.5 Å². The molecule has 1 aliphatic heterocycles. The first-order valence-corrected chi connectivity index (χ1v) is 7.35. The predicted molar refractivity (Wildman–Crippen MR) is 80.0 cm³/mol. The smallest absolute Gasteiger partial charge is 0.303 e. The summed E-state index contributed by atoms with van der Waals surface area (Å²) in [6, 6.07) is 4.08. The minimum Gasteiger partial charge on any atom is -0.481 e. The van der Waals surface area contributed by atoms with Gasteiger partial charge in [0.2, 0.25) is 0 Å². The van der Waals surface area contributed by atoms with E-state index in [-0.39, 0.29) is 12.3 Å². The maximum Gasteiger partial charge on any atom is 0.303 e. The van der Waals surface area contributed by atoms with Gasteiger partial charge in [-0.1, -0.05) is 6.92 Å². The van der Waals surface area contributed by atoms with Gasteiger partial charge in [-0.15, -0.1) is 0 Å². The average Bonchev–Trinajstić information content (AvgIpc) is 2.46. The van der Waals surface area contributed by atoms with Gasteiger partial charge in [0.15, 0.2) is 0 Å². The van der Waals surface area contributed by atoms with Gasteiger partial charge in [0, 0.05) is 25.7 Å². The lowest BCUT2D eigenvalue weighted by Gasteiger charge is -2.36. The van der Waals surface area contributed by atoms with Crippen LogP contribution in [0, 0.1) is 30.1 Å². The van der Waals surface area contributed by atoms with Crippen molar-refractivity contribution >= 4 is 11.8 Å². The number of piperidine rings is 1. The molecule has 0 bridgehead atoms. The van der Waals surface area contributed by atoms with Gasteiger partial charge >= 0.3 is 5.97 Å². The summed E-state index contributed by atoms with van der Waals surface area (Å²) in [6.07, 6.45) is 3.98. The predicted octanol–water partition coefficient (Wildman–Crippen LogP) is 2.59. The molecule has 1 fully saturated rings. The molecule has 1 saturated heterocycles. The summed E-state index contributed by atoms with van der Waals surface area (Å²) in [4.78, 5) is 17.4. The normalized spacial score (nSPS) is 19.9. The Morgan fingerprint density at radius 3 is 3.10 bits per heavy atom. The standard InChI is InChI=1S/C16H21N3O2/c1-11-5-6-18-16(14(11)9-17)19-7-3-4-13(10-19)12(2)8-15(20)21/h5-6,12-13H,3-4,7-8,10H2,1-2H3,(H,20,21). The highest BCUT2D eigenvalue weighted by Crippen LogP contribution is 2.30. The number of carbonyl (C=O) groups is 1. The third-order valence-electron chi connectivity index (χ3n) is 4.31. The fourth-order valence-corrected chi connectivity index (χ4v) is 3.03. The number of hydrogen-bond donors (Lipinski definition) is 1. The number of pyridine rings is 1. The van der Waals surface area contributed by atoms with Crippen molar-refractivity contribution in [1.82, 2.24) is 4.98 Å². The molecule has 0 spiro atoms. The van der Waals surface area contributed by atoms with Crippen molar-refractivity contribution < 1.29 is 9.90 Å². The molecule has 0 aromatic carbocycles. The molecule has 112 valence electrons. The second-order valence-electron chi connectivity index (χ2n) is 5.86. The number of hydrogen-bond acceptors (Lipinski definition) is 4. The summed E-state index contributed by atoms with van der Waals surface area (Å²) in [7, 11) is 0. The van der Waals surface area contributed by atoms with Crippen LogP contribution < -0.4 is 4.90 Å². The van der Waals surface area contributed by atoms with Gasteiger partial charge in [0.1, 0.15) is 11.9 Å². The van der Waals surface area contributed by atoms with Crippen LogP contribution in [0.3, 0.4) is 0 Å². The quantitative estimate of drug-likeness (QED) is 0.921. The maximum atomic E-state index is 10.9. The van der Waals surface area contributed by atoms with E-state index < -0.39 is 5.97 Å². The van der Waals surface area contributed by atoms with Crippen molar-refractivity contribution in [3.8, 4) is 6.07 Å². The molecule has 0 saturated carbocycles. The Bertz CT molecular complexity index is 565. The van der Waals surface area contributed by atoms with Crippen molar-refractivity contribution in [1.29, 1.82) is 5.26 Å². The van der Waals surface area contributed by atoms with E-state index >= 15 is 0 Å². The Hall–Kier alpha value is -2.09. The molecule has 2 rings (SSSR count). The second-order valence-corrected chi connectivity index (χ2v) is 5.86. The molecule has 2 heterocycles. The first kappa shape index (κ1) is 15.3. The molecule has 0 aliphatic carbocycles. The first-order valence-electron chi connectivity index (χ1n) is 7.35. The van der Waals surface area contributed by atoms with E-state index in [9.17, 15) is 10.1 Å². The van der Waals surface area contributed by atoms with Crippen LogP contribution in [0.15, 0.2) is 12.3 Å². The molecule has 5 nitrogen and oxygen atoms in total. The number of carboxylic acid groups (broad SMARTS) is 1. The largest absolute Gasteiger partial charge is 0.481 e. The van der Waals surface area contributed by atoms with Gasteiger partial charge in [0.05, 0.1) is 5.56 Å². The van der Waals surface area contributed by atoms with Crippen LogP contribution >= 0.6 is 0 Å². The van der Waals surface area contributed by atoms with Crippen LogP contribution in [-0.2, 0) is 4.79 Å². The van der Waals surface area contributed by atoms with Crippen molar-refractivity contribution in [2.75, 3.05) is 18.0 Å². The summed E-state index contributed by atoms with van der Waals surface area (Å²) in [6.45, 7) is 5.57. The number of carboxylic acids is 1. The molecule has 1 aliphatic rings. The molecule has 0 amide bonds. The number of aliphatic carboxylic acids is 1. The lowest BCUT2D eigenvalue weighted by Crippen LogP contribution is -2.39. The fraction of sp³-hybridized carbons (Fsp3) is 0.562. The third-order valence-corrected chi connectivity index (χ3v) is 4.31. The van der Waals surface area contributed by atoms with Crippen molar-refractivity contribution in [2.45, 2.75) is 33.1 Å². The summed E-state index contributed by atoms with van der Waals surface area (Å²) < 4.78 is 0. The van der Waals surface area contributed by atoms with E-state index in [0.717, 1.165) is 37.3 Å². The van der Waals surface area contributed by atoms with Crippen LogP contribution in [-0.4, -0.2) is 29.1 Å². The van der Waals surface area contributed by atoms with Crippen LogP contribution in [0.4, 0.5) is 5.82 Å². The number of aryl methyl sites for hydroxylation is 1. The summed E-state index contributed by atoms with van der Waals surface area (Å²) in [5.41, 5.74) is 1.56. The van der Waals surface area contributed by atoms with Crippen LogP contribution in [0.1, 0.15) is 37.3 Å². The minimum absolute atomic E-state index is 0.139. The number of anilines is 1. The fourth-order valence-electron chi connectivity index (χ4n) is 3.03. The molecular formula is C16H21N3O2. The van der Waals surface area contributed by atoms with Gasteiger partial charge in [-0.2, -0.15) is 5.26 Å². The SMILES string of the molecule is Cc1ccnc(N2CCCC(C(C)CC(=O)O)C2)c1C#N. The lowest BCUT2D eigenvalue weighted by atomic mass is 9.84. The van der Waals surface area contributed by atoms with E-state index in [1.54, 1.807) is 6.20 Å². The van der Waals surface area contributed by atoms with E-state index in [1.807, 2.05) is 19.9 Å². The van der Waals surface area contributed by atoms with E-state index in [2.05, 4.69) is 16.0 Å². The number of nitrogens with zero attached hydrogens (tertiary/aromatic N) is 3. The average molecular weight is 287 g/mol. The monoisotopic (exact) mass is 287 g/mol. The molecule has 5 heteroatoms. The Labute approximate surface area is 125 Å². The maximum absolute atomic E-state index is 10.9. The van der Waals surface area contributed by atoms with Crippen LogP contribution in [0.25, 0.3) is 0 Å². The van der Waals surface area contributed by atoms with E-state index in [4.69, 9.17) is 5.11 Å². The van der Waals surface area contributed by atoms with Gasteiger partial charge < -0.3 is 10.0 Å². The zero-order valence-electron chi connectivity index (χ0n) is 12.5. The first-order chi connectivity index (χ1) is 10.0. The van der Waals surface area contributed by atoms with Crippen molar-refractivity contribution in [2.24, 2.45) is 11.8 Å². The van der Waals surface area contributed by atoms with E-state index in [1.165, 1.54) is 0 Å². The number of nitriles is 1. The second kappa shape index (κ2) is 6.57. The highest BCUT2D eigenvalue weighted by atomic mass is 16.4. The Morgan fingerprint density at radius 2 is 2.43 bits per heavy atom. The molecule has 2 atom stereocenters. The third kappa shape index (κ3) is 3.52. The summed E-state index contributed by atoms with van der Waals surface area (Å²) in [5.74, 6) is 0.472. The molecule has 0 radical (unpaired) electrons.